The van der Waals surface area contributed by atoms with E-state index in [0.717, 1.165) is 6.54 Å². The first-order valence-corrected chi connectivity index (χ1v) is 5.72. The molecule has 0 saturated carbocycles. The summed E-state index contributed by atoms with van der Waals surface area (Å²) in [6.07, 6.45) is -3.12. The summed E-state index contributed by atoms with van der Waals surface area (Å²) in [7, 11) is 1.84. The molecule has 1 aliphatic heterocycles. The van der Waals surface area contributed by atoms with Crippen molar-refractivity contribution in [1.29, 1.82) is 0 Å². The number of piperidine rings is 1. The lowest BCUT2D eigenvalue weighted by atomic mass is 9.95. The maximum atomic E-state index is 12.6. The Morgan fingerprint density at radius 1 is 1.31 bits per heavy atom. The van der Waals surface area contributed by atoms with E-state index in [4.69, 9.17) is 0 Å². The third kappa shape index (κ3) is 3.94. The molecule has 0 radical (unpaired) electrons. The highest BCUT2D eigenvalue weighted by molar-refractivity contribution is 4.85. The Morgan fingerprint density at radius 3 is 2.44 bits per heavy atom. The molecule has 2 nitrogen and oxygen atoms in total. The zero-order chi connectivity index (χ0) is 12.4. The number of likely N-dealkylation sites (tertiary alicyclic amines) is 1. The van der Waals surface area contributed by atoms with Gasteiger partial charge in [-0.05, 0) is 40.3 Å². The monoisotopic (exact) mass is 238 g/mol. The van der Waals surface area contributed by atoms with Crippen molar-refractivity contribution >= 4 is 0 Å². The molecule has 5 heteroatoms. The number of halogens is 3. The first kappa shape index (κ1) is 13.8. The van der Waals surface area contributed by atoms with Crippen LogP contribution in [0.5, 0.6) is 0 Å². The standard InChI is InChI=1S/C11H21F3N2/c1-10(2,15-3)8-16-6-4-5-9(7-16)11(12,13)14/h9,15H,4-8H2,1-3H3. The van der Waals surface area contributed by atoms with Gasteiger partial charge >= 0.3 is 6.18 Å². The summed E-state index contributed by atoms with van der Waals surface area (Å²) >= 11 is 0. The largest absolute Gasteiger partial charge is 0.393 e. The van der Waals surface area contributed by atoms with Crippen LogP contribution in [0.25, 0.3) is 0 Å². The average molecular weight is 238 g/mol. The van der Waals surface area contributed by atoms with Crippen LogP contribution < -0.4 is 5.32 Å². The number of alkyl halides is 3. The smallest absolute Gasteiger partial charge is 0.314 e. The molecule has 1 saturated heterocycles. The SMILES string of the molecule is CNC(C)(C)CN1CCCC(C(F)(F)F)C1. The Balaban J connectivity index is 2.51. The molecule has 0 bridgehead atoms. The average Bonchev–Trinajstić information content (AvgIpc) is 2.16. The molecule has 1 atom stereocenters. The maximum Gasteiger partial charge on any atom is 0.393 e. The molecule has 1 unspecified atom stereocenters. The third-order valence-corrected chi connectivity index (χ3v) is 3.26. The first-order chi connectivity index (χ1) is 7.24. The number of likely N-dealkylation sites (N-methyl/N-ethyl adjacent to an activating group) is 1. The van der Waals surface area contributed by atoms with Crippen molar-refractivity contribution in [3.63, 3.8) is 0 Å². The minimum absolute atomic E-state index is 0.131. The van der Waals surface area contributed by atoms with Crippen molar-refractivity contribution in [2.75, 3.05) is 26.7 Å². The second kappa shape index (κ2) is 4.92. The van der Waals surface area contributed by atoms with Gasteiger partial charge in [0.25, 0.3) is 0 Å². The minimum Gasteiger partial charge on any atom is -0.314 e. The number of nitrogens with one attached hydrogen (secondary N) is 1. The zero-order valence-electron chi connectivity index (χ0n) is 10.2. The minimum atomic E-state index is -4.04. The van der Waals surface area contributed by atoms with Crippen LogP contribution in [-0.4, -0.2) is 43.3 Å². The van der Waals surface area contributed by atoms with Gasteiger partial charge in [0.05, 0.1) is 5.92 Å². The number of nitrogens with zero attached hydrogens (tertiary/aromatic N) is 1. The number of hydrogen-bond acceptors (Lipinski definition) is 2. The molecular formula is C11H21F3N2. The van der Waals surface area contributed by atoms with Crippen LogP contribution in [0, 0.1) is 5.92 Å². The summed E-state index contributed by atoms with van der Waals surface area (Å²) in [5.41, 5.74) is -0.131. The Morgan fingerprint density at radius 2 is 1.94 bits per heavy atom. The van der Waals surface area contributed by atoms with E-state index in [9.17, 15) is 13.2 Å². The molecule has 1 aliphatic rings. The van der Waals surface area contributed by atoms with Gasteiger partial charge in [0, 0.05) is 18.6 Å². The molecular weight excluding hydrogens is 217 g/mol. The van der Waals surface area contributed by atoms with E-state index in [1.807, 2.05) is 25.8 Å². The first-order valence-electron chi connectivity index (χ1n) is 5.72. The van der Waals surface area contributed by atoms with Crippen LogP contribution in [0.4, 0.5) is 13.2 Å². The van der Waals surface area contributed by atoms with E-state index in [0.29, 0.717) is 13.0 Å². The molecule has 0 aromatic rings. The summed E-state index contributed by atoms with van der Waals surface area (Å²) in [4.78, 5) is 1.91. The van der Waals surface area contributed by atoms with Crippen LogP contribution in [0.1, 0.15) is 26.7 Å². The number of hydrogen-bond donors (Lipinski definition) is 1. The van der Waals surface area contributed by atoms with Crippen molar-refractivity contribution in [2.24, 2.45) is 5.92 Å². The van der Waals surface area contributed by atoms with E-state index in [-0.39, 0.29) is 18.5 Å². The van der Waals surface area contributed by atoms with Gasteiger partial charge in [0.1, 0.15) is 0 Å². The summed E-state index contributed by atoms with van der Waals surface area (Å²) in [6.45, 7) is 5.59. The van der Waals surface area contributed by atoms with Crippen molar-refractivity contribution in [3.8, 4) is 0 Å². The van der Waals surface area contributed by atoms with Crippen LogP contribution in [0.2, 0.25) is 0 Å². The van der Waals surface area contributed by atoms with Gasteiger partial charge in [-0.2, -0.15) is 13.2 Å². The molecule has 16 heavy (non-hydrogen) atoms. The van der Waals surface area contributed by atoms with Crippen LogP contribution in [-0.2, 0) is 0 Å². The fourth-order valence-corrected chi connectivity index (χ4v) is 2.10. The van der Waals surface area contributed by atoms with E-state index < -0.39 is 12.1 Å². The Hall–Kier alpha value is -0.290. The Labute approximate surface area is 95.2 Å². The second-order valence-electron chi connectivity index (χ2n) is 5.25. The normalized spacial score (nSPS) is 24.8. The van der Waals surface area contributed by atoms with Crippen LogP contribution in [0.3, 0.4) is 0 Å². The Kier molecular flexibility index (Phi) is 4.23. The fourth-order valence-electron chi connectivity index (χ4n) is 2.10. The number of rotatable bonds is 3. The lowest BCUT2D eigenvalue weighted by Gasteiger charge is -2.38. The molecule has 0 amide bonds. The zero-order valence-corrected chi connectivity index (χ0v) is 10.2. The van der Waals surface area contributed by atoms with E-state index in [1.165, 1.54) is 0 Å². The predicted molar refractivity (Wildman–Crippen MR) is 58.4 cm³/mol. The molecule has 1 fully saturated rings. The highest BCUT2D eigenvalue weighted by Gasteiger charge is 2.42. The second-order valence-corrected chi connectivity index (χ2v) is 5.25. The van der Waals surface area contributed by atoms with Gasteiger partial charge in [0.15, 0.2) is 0 Å². The van der Waals surface area contributed by atoms with Gasteiger partial charge in [-0.25, -0.2) is 0 Å². The van der Waals surface area contributed by atoms with Crippen LogP contribution in [0.15, 0.2) is 0 Å². The molecule has 0 aliphatic carbocycles. The van der Waals surface area contributed by atoms with Gasteiger partial charge in [0.2, 0.25) is 0 Å². The molecule has 0 aromatic heterocycles. The molecule has 96 valence electrons. The summed E-state index contributed by atoms with van der Waals surface area (Å²) in [6, 6.07) is 0. The Bertz CT molecular complexity index is 226. The van der Waals surface area contributed by atoms with E-state index >= 15 is 0 Å². The summed E-state index contributed by atoms with van der Waals surface area (Å²) in [5.74, 6) is -1.14. The van der Waals surface area contributed by atoms with Crippen molar-refractivity contribution in [3.05, 3.63) is 0 Å². The lowest BCUT2D eigenvalue weighted by Crippen LogP contribution is -2.51. The maximum absolute atomic E-state index is 12.6. The van der Waals surface area contributed by atoms with Crippen molar-refractivity contribution < 1.29 is 13.2 Å². The summed E-state index contributed by atoms with van der Waals surface area (Å²) < 4.78 is 37.8. The highest BCUT2D eigenvalue weighted by atomic mass is 19.4. The molecule has 0 aromatic carbocycles. The van der Waals surface area contributed by atoms with E-state index in [2.05, 4.69) is 5.32 Å². The quantitative estimate of drug-likeness (QED) is 0.811. The highest BCUT2D eigenvalue weighted by Crippen LogP contribution is 2.33. The summed E-state index contributed by atoms with van der Waals surface area (Å²) in [5, 5.41) is 3.12. The molecule has 1 heterocycles. The predicted octanol–water partition coefficient (Wildman–Crippen LogP) is 2.26. The van der Waals surface area contributed by atoms with Crippen LogP contribution >= 0.6 is 0 Å². The van der Waals surface area contributed by atoms with Gasteiger partial charge in [-0.15, -0.1) is 0 Å². The molecule has 1 rings (SSSR count). The van der Waals surface area contributed by atoms with Gasteiger partial charge in [-0.1, -0.05) is 0 Å². The van der Waals surface area contributed by atoms with Gasteiger partial charge in [-0.3, -0.25) is 0 Å². The van der Waals surface area contributed by atoms with Crippen molar-refractivity contribution in [2.45, 2.75) is 38.4 Å². The topological polar surface area (TPSA) is 15.3 Å². The lowest BCUT2D eigenvalue weighted by molar-refractivity contribution is -0.187. The molecule has 0 spiro atoms. The fraction of sp³-hybridized carbons (Fsp3) is 1.00. The van der Waals surface area contributed by atoms with Gasteiger partial charge < -0.3 is 10.2 Å². The third-order valence-electron chi connectivity index (χ3n) is 3.26. The molecule has 1 N–H and O–H groups in total. The van der Waals surface area contributed by atoms with E-state index in [1.54, 1.807) is 0 Å². The van der Waals surface area contributed by atoms with Crippen molar-refractivity contribution in [1.82, 2.24) is 10.2 Å².